The standard InChI is InChI=1S/C18H27N3O4/c1-2-3-4-10-19-12-7-5-6-11-15(12)18(25)21(17(11)24)13-8-9-14(22)20-16(13)23/h11-13,15,19H,2-10H2,1H3,(H,20,22,23)/t11?,12-,13?,15?/m0/s1. The van der Waals surface area contributed by atoms with Crippen molar-refractivity contribution in [1.29, 1.82) is 0 Å². The number of nitrogens with one attached hydrogen (secondary N) is 2. The molecule has 3 rings (SSSR count). The first kappa shape index (κ1) is 18.0. The summed E-state index contributed by atoms with van der Waals surface area (Å²) in [6.07, 6.45) is 6.24. The molecule has 3 unspecified atom stereocenters. The van der Waals surface area contributed by atoms with Crippen molar-refractivity contribution in [1.82, 2.24) is 15.5 Å². The van der Waals surface area contributed by atoms with Gasteiger partial charge in [-0.05, 0) is 32.2 Å². The van der Waals surface area contributed by atoms with Crippen molar-refractivity contribution in [3.63, 3.8) is 0 Å². The molecule has 7 nitrogen and oxygen atoms in total. The van der Waals surface area contributed by atoms with Gasteiger partial charge in [0.2, 0.25) is 23.6 Å². The van der Waals surface area contributed by atoms with Crippen LogP contribution in [-0.4, -0.2) is 47.2 Å². The first-order chi connectivity index (χ1) is 12.0. The van der Waals surface area contributed by atoms with Gasteiger partial charge in [0.15, 0.2) is 0 Å². The van der Waals surface area contributed by atoms with E-state index in [-0.39, 0.29) is 48.4 Å². The highest BCUT2D eigenvalue weighted by Gasteiger charge is 2.55. The van der Waals surface area contributed by atoms with Crippen molar-refractivity contribution >= 4 is 23.6 Å². The van der Waals surface area contributed by atoms with Gasteiger partial charge in [-0.3, -0.25) is 29.4 Å². The van der Waals surface area contributed by atoms with Crippen LogP contribution in [0.1, 0.15) is 58.3 Å². The molecule has 3 aliphatic rings. The summed E-state index contributed by atoms with van der Waals surface area (Å²) in [7, 11) is 0. The van der Waals surface area contributed by atoms with Gasteiger partial charge in [-0.2, -0.15) is 0 Å². The fraction of sp³-hybridized carbons (Fsp3) is 0.778. The maximum Gasteiger partial charge on any atom is 0.249 e. The molecule has 4 amide bonds. The number of amides is 4. The summed E-state index contributed by atoms with van der Waals surface area (Å²) in [6.45, 7) is 3.00. The Morgan fingerprint density at radius 2 is 1.88 bits per heavy atom. The molecule has 7 heteroatoms. The first-order valence-corrected chi connectivity index (χ1v) is 9.48. The summed E-state index contributed by atoms with van der Waals surface area (Å²) in [4.78, 5) is 50.4. The van der Waals surface area contributed by atoms with E-state index < -0.39 is 11.9 Å². The Morgan fingerprint density at radius 1 is 1.08 bits per heavy atom. The number of hydrogen-bond donors (Lipinski definition) is 2. The van der Waals surface area contributed by atoms with Crippen LogP contribution in [0.2, 0.25) is 0 Å². The summed E-state index contributed by atoms with van der Waals surface area (Å²) in [5.74, 6) is -2.03. The van der Waals surface area contributed by atoms with Gasteiger partial charge in [-0.1, -0.05) is 26.2 Å². The number of unbranched alkanes of at least 4 members (excludes halogenated alkanes) is 2. The van der Waals surface area contributed by atoms with Gasteiger partial charge >= 0.3 is 0 Å². The van der Waals surface area contributed by atoms with Crippen LogP contribution in [0.5, 0.6) is 0 Å². The van der Waals surface area contributed by atoms with Crippen LogP contribution in [0.4, 0.5) is 0 Å². The van der Waals surface area contributed by atoms with Crippen LogP contribution in [0.25, 0.3) is 0 Å². The maximum absolute atomic E-state index is 13.0. The average Bonchev–Trinajstić information content (AvgIpc) is 2.84. The van der Waals surface area contributed by atoms with Gasteiger partial charge in [-0.25, -0.2) is 0 Å². The molecule has 138 valence electrons. The molecule has 4 atom stereocenters. The van der Waals surface area contributed by atoms with Crippen molar-refractivity contribution in [3.8, 4) is 0 Å². The molecule has 2 heterocycles. The van der Waals surface area contributed by atoms with E-state index in [0.29, 0.717) is 6.42 Å². The quantitative estimate of drug-likeness (QED) is 0.544. The number of carbonyl (C=O) groups is 4. The summed E-state index contributed by atoms with van der Waals surface area (Å²) in [5, 5.41) is 5.71. The molecule has 1 aliphatic carbocycles. The number of imide groups is 2. The molecule has 0 aromatic rings. The van der Waals surface area contributed by atoms with E-state index in [0.717, 1.165) is 43.5 Å². The van der Waals surface area contributed by atoms with E-state index in [9.17, 15) is 19.2 Å². The Morgan fingerprint density at radius 3 is 2.60 bits per heavy atom. The lowest BCUT2D eigenvalue weighted by Gasteiger charge is -2.31. The van der Waals surface area contributed by atoms with Crippen molar-refractivity contribution in [2.24, 2.45) is 11.8 Å². The predicted molar refractivity (Wildman–Crippen MR) is 90.2 cm³/mol. The van der Waals surface area contributed by atoms with Crippen molar-refractivity contribution < 1.29 is 19.2 Å². The highest BCUT2D eigenvalue weighted by atomic mass is 16.2. The van der Waals surface area contributed by atoms with Crippen LogP contribution < -0.4 is 10.6 Å². The number of hydrogen-bond acceptors (Lipinski definition) is 5. The Bertz CT molecular complexity index is 577. The van der Waals surface area contributed by atoms with E-state index in [1.165, 1.54) is 0 Å². The third kappa shape index (κ3) is 3.47. The molecule has 3 fully saturated rings. The van der Waals surface area contributed by atoms with E-state index in [1.807, 2.05) is 0 Å². The Hall–Kier alpha value is -1.76. The number of carbonyl (C=O) groups excluding carboxylic acids is 4. The number of rotatable bonds is 6. The molecule has 2 aliphatic heterocycles. The zero-order valence-electron chi connectivity index (χ0n) is 14.8. The molecule has 0 spiro atoms. The predicted octanol–water partition coefficient (Wildman–Crippen LogP) is 0.725. The van der Waals surface area contributed by atoms with Crippen molar-refractivity contribution in [2.45, 2.75) is 70.4 Å². The Labute approximate surface area is 147 Å². The third-order valence-corrected chi connectivity index (χ3v) is 5.68. The molecule has 0 aromatic heterocycles. The SMILES string of the molecule is CCCCCN[C@H]1CCCC2C(=O)N(C3CCC(=O)NC3=O)C(=O)C21. The normalized spacial score (nSPS) is 32.8. The highest BCUT2D eigenvalue weighted by molar-refractivity contribution is 6.11. The fourth-order valence-corrected chi connectivity index (χ4v) is 4.39. The second kappa shape index (κ2) is 7.64. The van der Waals surface area contributed by atoms with Crippen LogP contribution >= 0.6 is 0 Å². The lowest BCUT2D eigenvalue weighted by molar-refractivity contribution is -0.151. The van der Waals surface area contributed by atoms with Crippen LogP contribution in [-0.2, 0) is 19.2 Å². The molecule has 2 N–H and O–H groups in total. The molecule has 1 saturated carbocycles. The number of fused-ring (bicyclic) bond motifs is 1. The maximum atomic E-state index is 13.0. The fourth-order valence-electron chi connectivity index (χ4n) is 4.39. The molecular weight excluding hydrogens is 322 g/mol. The van der Waals surface area contributed by atoms with E-state index in [4.69, 9.17) is 0 Å². The van der Waals surface area contributed by atoms with Gasteiger partial charge in [0, 0.05) is 12.5 Å². The summed E-state index contributed by atoms with van der Waals surface area (Å²) < 4.78 is 0. The molecular formula is C18H27N3O4. The van der Waals surface area contributed by atoms with Gasteiger partial charge in [0.1, 0.15) is 6.04 Å². The summed E-state index contributed by atoms with van der Waals surface area (Å²) in [5.41, 5.74) is 0. The molecule has 2 saturated heterocycles. The van der Waals surface area contributed by atoms with Crippen molar-refractivity contribution in [3.05, 3.63) is 0 Å². The Balaban J connectivity index is 1.72. The topological polar surface area (TPSA) is 95.6 Å². The number of nitrogens with zero attached hydrogens (tertiary/aromatic N) is 1. The minimum absolute atomic E-state index is 0.00494. The van der Waals surface area contributed by atoms with E-state index in [2.05, 4.69) is 17.6 Å². The number of likely N-dealkylation sites (tertiary alicyclic amines) is 1. The van der Waals surface area contributed by atoms with Gasteiger partial charge < -0.3 is 5.32 Å². The second-order valence-corrected chi connectivity index (χ2v) is 7.34. The minimum Gasteiger partial charge on any atom is -0.313 e. The monoisotopic (exact) mass is 349 g/mol. The molecule has 0 radical (unpaired) electrons. The van der Waals surface area contributed by atoms with Crippen LogP contribution in [0, 0.1) is 11.8 Å². The summed E-state index contributed by atoms with van der Waals surface area (Å²) in [6, 6.07) is -0.825. The van der Waals surface area contributed by atoms with Gasteiger partial charge in [0.05, 0.1) is 11.8 Å². The lowest BCUT2D eigenvalue weighted by atomic mass is 9.77. The lowest BCUT2D eigenvalue weighted by Crippen LogP contribution is -2.55. The van der Waals surface area contributed by atoms with Gasteiger partial charge in [0.25, 0.3) is 0 Å². The van der Waals surface area contributed by atoms with E-state index >= 15 is 0 Å². The smallest absolute Gasteiger partial charge is 0.249 e. The molecule has 0 aromatic carbocycles. The first-order valence-electron chi connectivity index (χ1n) is 9.48. The highest BCUT2D eigenvalue weighted by Crippen LogP contribution is 2.40. The summed E-state index contributed by atoms with van der Waals surface area (Å²) >= 11 is 0. The largest absolute Gasteiger partial charge is 0.313 e. The van der Waals surface area contributed by atoms with E-state index in [1.54, 1.807) is 0 Å². The van der Waals surface area contributed by atoms with Crippen molar-refractivity contribution in [2.75, 3.05) is 6.54 Å². The number of piperidine rings is 1. The zero-order chi connectivity index (χ0) is 18.0. The second-order valence-electron chi connectivity index (χ2n) is 7.34. The molecule has 25 heavy (non-hydrogen) atoms. The zero-order valence-corrected chi connectivity index (χ0v) is 14.8. The molecule has 0 bridgehead atoms. The average molecular weight is 349 g/mol. The van der Waals surface area contributed by atoms with Crippen LogP contribution in [0.3, 0.4) is 0 Å². The van der Waals surface area contributed by atoms with Gasteiger partial charge in [-0.15, -0.1) is 0 Å². The minimum atomic E-state index is -0.830. The Kier molecular flexibility index (Phi) is 5.51. The third-order valence-electron chi connectivity index (χ3n) is 5.68. The van der Waals surface area contributed by atoms with Crippen LogP contribution in [0.15, 0.2) is 0 Å².